The van der Waals surface area contributed by atoms with Crippen molar-refractivity contribution in [3.63, 3.8) is 0 Å². The lowest BCUT2D eigenvalue weighted by atomic mass is 9.96. The SMILES string of the molecule is COc1cc(-c2ccc(OS(C)(=O)=O)cc2)c(OC)c(OS(C)(=O)=O)c1-c1ccc(OCc2cccc(N=C(N)N)c2)c(OS(C)(=O)=O)c1. The number of hydrogen-bond donors (Lipinski definition) is 2. The van der Waals surface area contributed by atoms with Crippen molar-refractivity contribution < 1.29 is 52.0 Å². The lowest BCUT2D eigenvalue weighted by Crippen LogP contribution is -2.21. The summed E-state index contributed by atoms with van der Waals surface area (Å²) in [5, 5.41) is 0. The molecule has 4 aromatic rings. The van der Waals surface area contributed by atoms with Gasteiger partial charge in [-0.15, -0.1) is 0 Å². The second-order valence-electron chi connectivity index (χ2n) is 10.4. The van der Waals surface area contributed by atoms with Crippen LogP contribution in [-0.4, -0.2) is 64.2 Å². The zero-order valence-corrected chi connectivity index (χ0v) is 29.3. The minimum Gasteiger partial charge on any atom is -0.496 e. The van der Waals surface area contributed by atoms with Crippen molar-refractivity contribution in [2.75, 3.05) is 33.0 Å². The van der Waals surface area contributed by atoms with Gasteiger partial charge in [-0.25, -0.2) is 4.99 Å². The lowest BCUT2D eigenvalue weighted by Gasteiger charge is -2.21. The van der Waals surface area contributed by atoms with Crippen LogP contribution in [0.15, 0.2) is 77.8 Å². The summed E-state index contributed by atoms with van der Waals surface area (Å²) in [6.07, 6.45) is 2.59. The maximum absolute atomic E-state index is 12.6. The lowest BCUT2D eigenvalue weighted by molar-refractivity contribution is 0.296. The molecule has 0 spiro atoms. The number of aliphatic imine (C=N–C) groups is 1. The first-order chi connectivity index (χ1) is 22.9. The quantitative estimate of drug-likeness (QED) is 0.107. The Kier molecular flexibility index (Phi) is 10.8. The van der Waals surface area contributed by atoms with Crippen molar-refractivity contribution in [1.29, 1.82) is 0 Å². The Bertz CT molecular complexity index is 2220. The number of rotatable bonds is 14. The second kappa shape index (κ2) is 14.5. The monoisotopic (exact) mass is 735 g/mol. The van der Waals surface area contributed by atoms with E-state index in [-0.39, 0.29) is 58.2 Å². The van der Waals surface area contributed by atoms with Crippen LogP contribution in [0, 0.1) is 0 Å². The Balaban J connectivity index is 1.87. The Morgan fingerprint density at radius 1 is 0.653 bits per heavy atom. The summed E-state index contributed by atoms with van der Waals surface area (Å²) in [6, 6.07) is 18.5. The number of hydrogen-bond acceptors (Lipinski definition) is 13. The van der Waals surface area contributed by atoms with Crippen LogP contribution in [0.4, 0.5) is 5.69 Å². The predicted molar refractivity (Wildman–Crippen MR) is 183 cm³/mol. The van der Waals surface area contributed by atoms with E-state index in [2.05, 4.69) is 4.99 Å². The molecule has 0 saturated heterocycles. The fraction of sp³-hybridized carbons (Fsp3) is 0.194. The molecule has 0 atom stereocenters. The van der Waals surface area contributed by atoms with Gasteiger partial charge >= 0.3 is 30.4 Å². The van der Waals surface area contributed by atoms with Crippen molar-refractivity contribution in [2.24, 2.45) is 16.5 Å². The fourth-order valence-corrected chi connectivity index (χ4v) is 5.98. The van der Waals surface area contributed by atoms with E-state index in [1.165, 1.54) is 56.7 Å². The zero-order chi connectivity index (χ0) is 36.1. The Morgan fingerprint density at radius 2 is 1.29 bits per heavy atom. The normalized spacial score (nSPS) is 11.7. The molecule has 0 unspecified atom stereocenters. The molecule has 0 radical (unpaired) electrons. The minimum absolute atomic E-state index is 0.0321. The first-order valence-corrected chi connectivity index (χ1v) is 19.3. The van der Waals surface area contributed by atoms with Crippen LogP contribution in [0.25, 0.3) is 22.3 Å². The average Bonchev–Trinajstić information content (AvgIpc) is 2.98. The van der Waals surface area contributed by atoms with E-state index < -0.39 is 30.4 Å². The fourth-order valence-electron chi connectivity index (χ4n) is 4.60. The predicted octanol–water partition coefficient (Wildman–Crippen LogP) is 3.54. The first-order valence-electron chi connectivity index (χ1n) is 13.9. The van der Waals surface area contributed by atoms with E-state index >= 15 is 0 Å². The maximum atomic E-state index is 12.6. The number of benzene rings is 4. The standard InChI is InChI=1S/C31H33N3O12S3/c1-41-27-17-24(20-9-12-23(13-10-20)44-47(3,35)36)29(42-2)30(46-49(5,39)40)28(27)21-11-14-25(26(16-21)45-48(4,37)38)43-18-19-7-6-8-22(15-19)34-31(32)33/h6-17H,18H2,1-5H3,(H4,32,33,34). The molecule has 0 saturated carbocycles. The van der Waals surface area contributed by atoms with Crippen molar-refractivity contribution in [1.82, 2.24) is 0 Å². The summed E-state index contributed by atoms with van der Waals surface area (Å²) in [4.78, 5) is 4.00. The highest BCUT2D eigenvalue weighted by atomic mass is 32.2. The van der Waals surface area contributed by atoms with Gasteiger partial charge in [0.25, 0.3) is 0 Å². The molecular weight excluding hydrogens is 703 g/mol. The van der Waals surface area contributed by atoms with Gasteiger partial charge in [0.1, 0.15) is 18.1 Å². The topological polar surface area (TPSA) is 222 Å². The summed E-state index contributed by atoms with van der Waals surface area (Å²) >= 11 is 0. The van der Waals surface area contributed by atoms with Crippen LogP contribution in [0.3, 0.4) is 0 Å². The first kappa shape index (κ1) is 36.6. The van der Waals surface area contributed by atoms with Crippen LogP contribution in [0.1, 0.15) is 5.56 Å². The highest BCUT2D eigenvalue weighted by Crippen LogP contribution is 2.52. The van der Waals surface area contributed by atoms with Crippen molar-refractivity contribution in [2.45, 2.75) is 6.61 Å². The smallest absolute Gasteiger partial charge is 0.306 e. The van der Waals surface area contributed by atoms with Gasteiger partial charge in [-0.3, -0.25) is 0 Å². The molecule has 0 aliphatic rings. The number of ether oxygens (including phenoxy) is 3. The van der Waals surface area contributed by atoms with Gasteiger partial charge in [-0.2, -0.15) is 25.3 Å². The van der Waals surface area contributed by atoms with Crippen LogP contribution in [-0.2, 0) is 37.0 Å². The average molecular weight is 736 g/mol. The van der Waals surface area contributed by atoms with Gasteiger partial charge in [0.2, 0.25) is 0 Å². The molecule has 15 nitrogen and oxygen atoms in total. The number of guanidine groups is 1. The molecule has 49 heavy (non-hydrogen) atoms. The van der Waals surface area contributed by atoms with Gasteiger partial charge in [0, 0.05) is 5.56 Å². The summed E-state index contributed by atoms with van der Waals surface area (Å²) in [6.45, 7) is -0.0321. The third-order valence-electron chi connectivity index (χ3n) is 6.31. The van der Waals surface area contributed by atoms with E-state index in [0.717, 1.165) is 18.8 Å². The molecule has 0 amide bonds. The highest BCUT2D eigenvalue weighted by molar-refractivity contribution is 7.86. The van der Waals surface area contributed by atoms with Crippen molar-refractivity contribution in [3.05, 3.63) is 78.4 Å². The third-order valence-corrected chi connectivity index (χ3v) is 7.75. The molecule has 4 rings (SSSR count). The number of nitrogens with zero attached hydrogens (tertiary/aromatic N) is 1. The number of methoxy groups -OCH3 is 2. The molecule has 0 heterocycles. The summed E-state index contributed by atoms with van der Waals surface area (Å²) in [7, 11) is -9.42. The highest BCUT2D eigenvalue weighted by Gasteiger charge is 2.27. The minimum atomic E-state index is -4.19. The van der Waals surface area contributed by atoms with Crippen molar-refractivity contribution in [3.8, 4) is 56.8 Å². The maximum Gasteiger partial charge on any atom is 0.306 e. The Hall–Kier alpha value is -5.20. The summed E-state index contributed by atoms with van der Waals surface area (Å²) < 4.78 is 106. The van der Waals surface area contributed by atoms with Crippen LogP contribution < -0.4 is 38.2 Å². The second-order valence-corrected chi connectivity index (χ2v) is 15.1. The van der Waals surface area contributed by atoms with Gasteiger partial charge in [-0.1, -0.05) is 30.3 Å². The Labute approximate surface area is 284 Å². The van der Waals surface area contributed by atoms with Gasteiger partial charge in [0.05, 0.1) is 44.2 Å². The summed E-state index contributed by atoms with van der Waals surface area (Å²) in [5.41, 5.74) is 13.1. The van der Waals surface area contributed by atoms with Crippen LogP contribution in [0.5, 0.6) is 34.5 Å². The molecule has 0 aliphatic carbocycles. The van der Waals surface area contributed by atoms with Crippen LogP contribution >= 0.6 is 0 Å². The van der Waals surface area contributed by atoms with E-state index in [4.69, 9.17) is 38.2 Å². The van der Waals surface area contributed by atoms with E-state index in [1.807, 2.05) is 0 Å². The molecule has 0 aromatic heterocycles. The molecule has 18 heteroatoms. The largest absolute Gasteiger partial charge is 0.496 e. The molecule has 4 aromatic carbocycles. The molecular formula is C31H33N3O12S3. The molecule has 0 bridgehead atoms. The zero-order valence-electron chi connectivity index (χ0n) is 26.9. The van der Waals surface area contributed by atoms with Gasteiger partial charge in [-0.05, 0) is 59.2 Å². The van der Waals surface area contributed by atoms with Crippen molar-refractivity contribution >= 4 is 42.0 Å². The molecule has 4 N–H and O–H groups in total. The molecule has 262 valence electrons. The summed E-state index contributed by atoms with van der Waals surface area (Å²) in [5.74, 6) is -0.502. The van der Waals surface area contributed by atoms with Crippen LogP contribution in [0.2, 0.25) is 0 Å². The molecule has 0 fully saturated rings. The third kappa shape index (κ3) is 10.1. The van der Waals surface area contributed by atoms with E-state index in [1.54, 1.807) is 30.3 Å². The van der Waals surface area contributed by atoms with Gasteiger partial charge in [0.15, 0.2) is 29.0 Å². The van der Waals surface area contributed by atoms with E-state index in [0.29, 0.717) is 22.4 Å². The Morgan fingerprint density at radius 3 is 1.86 bits per heavy atom. The van der Waals surface area contributed by atoms with E-state index in [9.17, 15) is 25.3 Å². The van der Waals surface area contributed by atoms with Gasteiger partial charge < -0.3 is 38.2 Å². The number of nitrogens with two attached hydrogens (primary N) is 2. The molecule has 0 aliphatic heterocycles.